The molecule has 0 bridgehead atoms. The Morgan fingerprint density at radius 2 is 1.63 bits per heavy atom. The molecule has 0 aromatic heterocycles. The molecular formula is C17H16O2. The minimum atomic E-state index is -0.714. The molecule has 19 heavy (non-hydrogen) atoms. The van der Waals surface area contributed by atoms with Crippen LogP contribution in [0.1, 0.15) is 41.4 Å². The van der Waals surface area contributed by atoms with Gasteiger partial charge in [-0.25, -0.2) is 0 Å². The van der Waals surface area contributed by atoms with Gasteiger partial charge in [-0.15, -0.1) is 0 Å². The number of benzene rings is 2. The first kappa shape index (κ1) is 12.0. The summed E-state index contributed by atoms with van der Waals surface area (Å²) in [5.41, 5.74) is 3.78. The molecule has 0 saturated carbocycles. The van der Waals surface area contributed by atoms with Crippen molar-refractivity contribution in [2.45, 2.75) is 24.7 Å². The zero-order chi connectivity index (χ0) is 13.2. The number of fused-ring (bicyclic) bond motifs is 1. The minimum Gasteiger partial charge on any atom is -0.481 e. The lowest BCUT2D eigenvalue weighted by Crippen LogP contribution is -2.03. The van der Waals surface area contributed by atoms with E-state index >= 15 is 0 Å². The van der Waals surface area contributed by atoms with Gasteiger partial charge in [0.1, 0.15) is 0 Å². The van der Waals surface area contributed by atoms with Gasteiger partial charge in [0.25, 0.3) is 0 Å². The van der Waals surface area contributed by atoms with Crippen molar-refractivity contribution in [1.29, 1.82) is 0 Å². The van der Waals surface area contributed by atoms with Crippen molar-refractivity contribution in [3.8, 4) is 0 Å². The van der Waals surface area contributed by atoms with Crippen LogP contribution in [-0.2, 0) is 4.79 Å². The molecule has 3 rings (SSSR count). The van der Waals surface area contributed by atoms with Gasteiger partial charge in [-0.1, -0.05) is 54.6 Å². The maximum atomic E-state index is 11.0. The molecule has 0 spiro atoms. The predicted molar refractivity (Wildman–Crippen MR) is 74.3 cm³/mol. The summed E-state index contributed by atoms with van der Waals surface area (Å²) in [6.45, 7) is 0. The summed E-state index contributed by atoms with van der Waals surface area (Å²) in [6.07, 6.45) is 1.12. The third-order valence-electron chi connectivity index (χ3n) is 3.95. The van der Waals surface area contributed by atoms with E-state index in [2.05, 4.69) is 24.3 Å². The molecule has 0 heterocycles. The van der Waals surface area contributed by atoms with Crippen LogP contribution in [0.2, 0.25) is 0 Å². The Bertz CT molecular complexity index is 589. The molecule has 2 aromatic carbocycles. The molecule has 96 valence electrons. The number of aliphatic carboxylic acids is 1. The zero-order valence-electron chi connectivity index (χ0n) is 10.6. The van der Waals surface area contributed by atoms with E-state index in [0.717, 1.165) is 6.42 Å². The summed E-state index contributed by atoms with van der Waals surface area (Å²) in [5.74, 6) is -0.242. The Balaban J connectivity index is 1.99. The van der Waals surface area contributed by atoms with Gasteiger partial charge in [-0.3, -0.25) is 4.79 Å². The van der Waals surface area contributed by atoms with Crippen molar-refractivity contribution < 1.29 is 9.90 Å². The van der Waals surface area contributed by atoms with Gasteiger partial charge in [-0.2, -0.15) is 0 Å². The molecule has 1 aliphatic rings. The first-order chi connectivity index (χ1) is 9.25. The number of hydrogen-bond donors (Lipinski definition) is 1. The molecule has 0 aliphatic heterocycles. The molecule has 1 N–H and O–H groups in total. The van der Waals surface area contributed by atoms with Crippen molar-refractivity contribution in [3.63, 3.8) is 0 Å². The maximum Gasteiger partial charge on any atom is 0.303 e. The Kier molecular flexibility index (Phi) is 3.08. The molecule has 1 aliphatic carbocycles. The molecule has 0 fully saturated rings. The van der Waals surface area contributed by atoms with Crippen LogP contribution in [0.3, 0.4) is 0 Å². The van der Waals surface area contributed by atoms with Crippen molar-refractivity contribution in [1.82, 2.24) is 0 Å². The van der Waals surface area contributed by atoms with E-state index in [9.17, 15) is 4.79 Å². The summed E-state index contributed by atoms with van der Waals surface area (Å²) in [7, 11) is 0. The largest absolute Gasteiger partial charge is 0.481 e. The van der Waals surface area contributed by atoms with Crippen LogP contribution in [0, 0.1) is 0 Å². The number of rotatable bonds is 3. The van der Waals surface area contributed by atoms with Gasteiger partial charge in [0.05, 0.1) is 6.42 Å². The fraction of sp³-hybridized carbons (Fsp3) is 0.235. The van der Waals surface area contributed by atoms with Crippen molar-refractivity contribution in [2.24, 2.45) is 0 Å². The highest BCUT2D eigenvalue weighted by molar-refractivity contribution is 5.68. The molecule has 0 amide bonds. The topological polar surface area (TPSA) is 37.3 Å². The van der Waals surface area contributed by atoms with E-state index in [4.69, 9.17) is 5.11 Å². The zero-order valence-corrected chi connectivity index (χ0v) is 10.6. The molecule has 2 aromatic rings. The molecular weight excluding hydrogens is 236 g/mol. The number of carbonyl (C=O) groups is 1. The quantitative estimate of drug-likeness (QED) is 0.902. The lowest BCUT2D eigenvalue weighted by molar-refractivity contribution is -0.137. The minimum absolute atomic E-state index is 0.138. The monoisotopic (exact) mass is 252 g/mol. The normalized spacial score (nSPS) is 21.1. The molecule has 0 radical (unpaired) electrons. The first-order valence-electron chi connectivity index (χ1n) is 6.61. The molecule has 0 saturated heterocycles. The van der Waals surface area contributed by atoms with E-state index < -0.39 is 5.97 Å². The van der Waals surface area contributed by atoms with Gasteiger partial charge in [0.2, 0.25) is 0 Å². The third-order valence-corrected chi connectivity index (χ3v) is 3.95. The van der Waals surface area contributed by atoms with Crippen LogP contribution < -0.4 is 0 Å². The standard InChI is InChI=1S/C17H16O2/c18-17(19)11-13-10-16(12-6-2-1-3-7-12)15-9-5-4-8-14(13)15/h1-9,13,16H,10-11H2,(H,18,19)/t13-,16-/m1/s1. The van der Waals surface area contributed by atoms with Crippen LogP contribution >= 0.6 is 0 Å². The average molecular weight is 252 g/mol. The molecule has 2 nitrogen and oxygen atoms in total. The van der Waals surface area contributed by atoms with Crippen LogP contribution in [0.5, 0.6) is 0 Å². The Morgan fingerprint density at radius 3 is 2.32 bits per heavy atom. The summed E-state index contributed by atoms with van der Waals surface area (Å²) < 4.78 is 0. The number of hydrogen-bond acceptors (Lipinski definition) is 1. The van der Waals surface area contributed by atoms with Crippen molar-refractivity contribution in [2.75, 3.05) is 0 Å². The van der Waals surface area contributed by atoms with E-state index in [-0.39, 0.29) is 12.3 Å². The highest BCUT2D eigenvalue weighted by Crippen LogP contribution is 2.46. The second-order valence-electron chi connectivity index (χ2n) is 5.12. The van der Waals surface area contributed by atoms with Gasteiger partial charge < -0.3 is 5.11 Å². The molecule has 0 unspecified atom stereocenters. The van der Waals surface area contributed by atoms with Gasteiger partial charge in [-0.05, 0) is 29.0 Å². The Morgan fingerprint density at radius 1 is 1.00 bits per heavy atom. The second-order valence-corrected chi connectivity index (χ2v) is 5.12. The van der Waals surface area contributed by atoms with Gasteiger partial charge in [0.15, 0.2) is 0 Å². The summed E-state index contributed by atoms with van der Waals surface area (Å²) in [6, 6.07) is 18.6. The van der Waals surface area contributed by atoms with Crippen LogP contribution in [-0.4, -0.2) is 11.1 Å². The Hall–Kier alpha value is -2.09. The second kappa shape index (κ2) is 4.88. The lowest BCUT2D eigenvalue weighted by atomic mass is 9.92. The van der Waals surface area contributed by atoms with E-state index in [0.29, 0.717) is 5.92 Å². The summed E-state index contributed by atoms with van der Waals surface area (Å²) in [4.78, 5) is 11.0. The van der Waals surface area contributed by atoms with Crippen LogP contribution in [0.25, 0.3) is 0 Å². The SMILES string of the molecule is O=C(O)C[C@H]1C[C@H](c2ccccc2)c2ccccc21. The number of carboxylic acids is 1. The highest BCUT2D eigenvalue weighted by Gasteiger charge is 2.32. The third kappa shape index (κ3) is 2.26. The Labute approximate surface area is 112 Å². The van der Waals surface area contributed by atoms with Crippen LogP contribution in [0.15, 0.2) is 54.6 Å². The lowest BCUT2D eigenvalue weighted by Gasteiger charge is -2.11. The van der Waals surface area contributed by atoms with Crippen molar-refractivity contribution in [3.05, 3.63) is 71.3 Å². The summed E-state index contributed by atoms with van der Waals surface area (Å²) >= 11 is 0. The fourth-order valence-corrected chi connectivity index (χ4v) is 3.14. The first-order valence-corrected chi connectivity index (χ1v) is 6.61. The molecule has 2 heteroatoms. The average Bonchev–Trinajstić information content (AvgIpc) is 2.78. The van der Waals surface area contributed by atoms with Gasteiger partial charge in [0, 0.05) is 5.92 Å². The van der Waals surface area contributed by atoms with Gasteiger partial charge >= 0.3 is 5.97 Å². The van der Waals surface area contributed by atoms with E-state index in [1.165, 1.54) is 16.7 Å². The summed E-state index contributed by atoms with van der Waals surface area (Å²) in [5, 5.41) is 9.06. The van der Waals surface area contributed by atoms with Crippen LogP contribution in [0.4, 0.5) is 0 Å². The highest BCUT2D eigenvalue weighted by atomic mass is 16.4. The fourth-order valence-electron chi connectivity index (χ4n) is 3.14. The smallest absolute Gasteiger partial charge is 0.303 e. The van der Waals surface area contributed by atoms with E-state index in [1.54, 1.807) is 0 Å². The number of carboxylic acid groups (broad SMARTS) is 1. The molecule has 2 atom stereocenters. The van der Waals surface area contributed by atoms with E-state index in [1.807, 2.05) is 30.3 Å². The predicted octanol–water partition coefficient (Wildman–Crippen LogP) is 3.78. The van der Waals surface area contributed by atoms with Crippen molar-refractivity contribution >= 4 is 5.97 Å². The maximum absolute atomic E-state index is 11.0.